The highest BCUT2D eigenvalue weighted by atomic mass is 16.5. The standard InChI is InChI=1S/C11H13NO2/c1-11(2)10(14-7-13)8-5-3-4-6-9(8)12-11/h3-7,10,12H,1-2H3. The van der Waals surface area contributed by atoms with E-state index >= 15 is 0 Å². The predicted molar refractivity (Wildman–Crippen MR) is 54.0 cm³/mol. The SMILES string of the molecule is CC1(C)Nc2ccccc2C1OC=O. The maximum absolute atomic E-state index is 10.4. The Labute approximate surface area is 83.1 Å². The van der Waals surface area contributed by atoms with E-state index in [0.29, 0.717) is 6.47 Å². The molecule has 0 saturated carbocycles. The zero-order valence-electron chi connectivity index (χ0n) is 8.28. The van der Waals surface area contributed by atoms with Crippen molar-refractivity contribution in [3.05, 3.63) is 29.8 Å². The van der Waals surface area contributed by atoms with Gasteiger partial charge in [0.15, 0.2) is 6.10 Å². The average molecular weight is 191 g/mol. The molecule has 14 heavy (non-hydrogen) atoms. The van der Waals surface area contributed by atoms with Crippen LogP contribution in [0.2, 0.25) is 0 Å². The summed E-state index contributed by atoms with van der Waals surface area (Å²) in [5, 5.41) is 3.32. The summed E-state index contributed by atoms with van der Waals surface area (Å²) in [6, 6.07) is 7.88. The minimum Gasteiger partial charge on any atom is -0.457 e. The molecule has 0 fully saturated rings. The minimum atomic E-state index is -0.232. The van der Waals surface area contributed by atoms with Crippen molar-refractivity contribution in [2.75, 3.05) is 5.32 Å². The Kier molecular flexibility index (Phi) is 1.95. The quantitative estimate of drug-likeness (QED) is 0.727. The second-order valence-electron chi connectivity index (χ2n) is 4.05. The number of hydrogen-bond acceptors (Lipinski definition) is 3. The highest BCUT2D eigenvalue weighted by Crippen LogP contribution is 2.42. The lowest BCUT2D eigenvalue weighted by molar-refractivity contribution is -0.135. The molecule has 74 valence electrons. The van der Waals surface area contributed by atoms with Gasteiger partial charge in [0.25, 0.3) is 6.47 Å². The lowest BCUT2D eigenvalue weighted by Crippen LogP contribution is -2.33. The van der Waals surface area contributed by atoms with Gasteiger partial charge in [0, 0.05) is 11.3 Å². The zero-order chi connectivity index (χ0) is 10.2. The molecule has 1 N–H and O–H groups in total. The molecule has 3 heteroatoms. The van der Waals surface area contributed by atoms with Gasteiger partial charge in [0.05, 0.1) is 5.54 Å². The van der Waals surface area contributed by atoms with Crippen LogP contribution in [0.1, 0.15) is 25.5 Å². The van der Waals surface area contributed by atoms with Crippen LogP contribution in [0.15, 0.2) is 24.3 Å². The summed E-state index contributed by atoms with van der Waals surface area (Å²) in [6.07, 6.45) is -0.198. The van der Waals surface area contributed by atoms with Gasteiger partial charge in [-0.25, -0.2) is 0 Å². The third kappa shape index (κ3) is 1.25. The lowest BCUT2D eigenvalue weighted by Gasteiger charge is -2.25. The van der Waals surface area contributed by atoms with E-state index in [1.165, 1.54) is 0 Å². The first kappa shape index (κ1) is 9.06. The fourth-order valence-electron chi connectivity index (χ4n) is 1.94. The van der Waals surface area contributed by atoms with Crippen molar-refractivity contribution in [3.8, 4) is 0 Å². The number of fused-ring (bicyclic) bond motifs is 1. The molecule has 0 aliphatic carbocycles. The first-order valence-electron chi connectivity index (χ1n) is 4.61. The lowest BCUT2D eigenvalue weighted by atomic mass is 9.96. The Morgan fingerprint density at radius 1 is 1.43 bits per heavy atom. The molecule has 1 unspecified atom stereocenters. The smallest absolute Gasteiger partial charge is 0.293 e. The first-order chi connectivity index (χ1) is 6.65. The van der Waals surface area contributed by atoms with Gasteiger partial charge in [0.1, 0.15) is 0 Å². The van der Waals surface area contributed by atoms with E-state index in [4.69, 9.17) is 4.74 Å². The maximum Gasteiger partial charge on any atom is 0.293 e. The summed E-state index contributed by atoms with van der Waals surface area (Å²) in [6.45, 7) is 4.54. The number of benzene rings is 1. The predicted octanol–water partition coefficient (Wildman–Crippen LogP) is 2.10. The maximum atomic E-state index is 10.4. The van der Waals surface area contributed by atoms with Gasteiger partial charge in [-0.3, -0.25) is 4.79 Å². The summed E-state index contributed by atoms with van der Waals surface area (Å²) in [4.78, 5) is 10.4. The molecule has 0 saturated heterocycles. The Morgan fingerprint density at radius 2 is 2.14 bits per heavy atom. The molecule has 1 aliphatic rings. The number of anilines is 1. The van der Waals surface area contributed by atoms with E-state index in [2.05, 4.69) is 5.32 Å². The van der Waals surface area contributed by atoms with Crippen molar-refractivity contribution in [2.45, 2.75) is 25.5 Å². The molecule has 1 aromatic rings. The normalized spacial score (nSPS) is 22.3. The van der Waals surface area contributed by atoms with Gasteiger partial charge in [-0.1, -0.05) is 18.2 Å². The van der Waals surface area contributed by atoms with Crippen LogP contribution in [-0.2, 0) is 9.53 Å². The van der Waals surface area contributed by atoms with Crippen molar-refractivity contribution in [3.63, 3.8) is 0 Å². The molecule has 3 nitrogen and oxygen atoms in total. The summed E-state index contributed by atoms with van der Waals surface area (Å²) in [5.41, 5.74) is 1.86. The molecule has 0 bridgehead atoms. The van der Waals surface area contributed by atoms with E-state index in [0.717, 1.165) is 11.3 Å². The number of nitrogens with one attached hydrogen (secondary N) is 1. The van der Waals surface area contributed by atoms with E-state index in [-0.39, 0.29) is 11.6 Å². The third-order valence-electron chi connectivity index (χ3n) is 2.55. The van der Waals surface area contributed by atoms with Gasteiger partial charge in [0.2, 0.25) is 0 Å². The van der Waals surface area contributed by atoms with E-state index in [1.807, 2.05) is 38.1 Å². The number of carbonyl (C=O) groups excluding carboxylic acids is 1. The van der Waals surface area contributed by atoms with Gasteiger partial charge >= 0.3 is 0 Å². The molecular weight excluding hydrogens is 178 g/mol. The van der Waals surface area contributed by atoms with Crippen molar-refractivity contribution in [2.24, 2.45) is 0 Å². The summed E-state index contributed by atoms with van der Waals surface area (Å²) >= 11 is 0. The molecule has 0 spiro atoms. The van der Waals surface area contributed by atoms with Crippen LogP contribution in [0.5, 0.6) is 0 Å². The molecule has 1 aromatic carbocycles. The van der Waals surface area contributed by atoms with E-state index in [9.17, 15) is 4.79 Å². The third-order valence-corrected chi connectivity index (χ3v) is 2.55. The fraction of sp³-hybridized carbons (Fsp3) is 0.364. The van der Waals surface area contributed by atoms with Crippen LogP contribution in [0.4, 0.5) is 5.69 Å². The molecule has 0 amide bonds. The number of carbonyl (C=O) groups is 1. The Morgan fingerprint density at radius 3 is 2.86 bits per heavy atom. The van der Waals surface area contributed by atoms with Gasteiger partial charge in [-0.05, 0) is 19.9 Å². The summed E-state index contributed by atoms with van der Waals surface area (Å²) in [5.74, 6) is 0. The van der Waals surface area contributed by atoms with Crippen LogP contribution < -0.4 is 5.32 Å². The van der Waals surface area contributed by atoms with Crippen molar-refractivity contribution >= 4 is 12.2 Å². The molecule has 1 atom stereocenters. The molecular formula is C11H13NO2. The Hall–Kier alpha value is -1.51. The van der Waals surface area contributed by atoms with Crippen LogP contribution >= 0.6 is 0 Å². The van der Waals surface area contributed by atoms with E-state index < -0.39 is 0 Å². The summed E-state index contributed by atoms with van der Waals surface area (Å²) < 4.78 is 5.10. The van der Waals surface area contributed by atoms with Crippen LogP contribution in [0.25, 0.3) is 0 Å². The van der Waals surface area contributed by atoms with Gasteiger partial charge in [-0.15, -0.1) is 0 Å². The second-order valence-corrected chi connectivity index (χ2v) is 4.05. The number of rotatable bonds is 2. The number of para-hydroxylation sites is 1. The largest absolute Gasteiger partial charge is 0.457 e. The van der Waals surface area contributed by atoms with E-state index in [1.54, 1.807) is 0 Å². The number of hydrogen-bond donors (Lipinski definition) is 1. The first-order valence-corrected chi connectivity index (χ1v) is 4.61. The highest BCUT2D eigenvalue weighted by molar-refractivity contribution is 5.61. The van der Waals surface area contributed by atoms with Crippen molar-refractivity contribution < 1.29 is 9.53 Å². The van der Waals surface area contributed by atoms with Crippen molar-refractivity contribution in [1.29, 1.82) is 0 Å². The Balaban J connectivity index is 2.42. The molecule has 0 radical (unpaired) electrons. The van der Waals surface area contributed by atoms with Crippen molar-refractivity contribution in [1.82, 2.24) is 0 Å². The molecule has 2 rings (SSSR count). The second kappa shape index (κ2) is 3.01. The van der Waals surface area contributed by atoms with Crippen LogP contribution in [0.3, 0.4) is 0 Å². The fourth-order valence-corrected chi connectivity index (χ4v) is 1.94. The van der Waals surface area contributed by atoms with Crippen LogP contribution in [0, 0.1) is 0 Å². The topological polar surface area (TPSA) is 38.3 Å². The number of ether oxygens (including phenoxy) is 1. The Bertz CT molecular complexity index is 360. The minimum absolute atomic E-state index is 0.198. The van der Waals surface area contributed by atoms with Gasteiger partial charge in [-0.2, -0.15) is 0 Å². The molecule has 0 aromatic heterocycles. The summed E-state index contributed by atoms with van der Waals surface area (Å²) in [7, 11) is 0. The van der Waals surface area contributed by atoms with Gasteiger partial charge < -0.3 is 10.1 Å². The monoisotopic (exact) mass is 191 g/mol. The average Bonchev–Trinajstić information content (AvgIpc) is 2.39. The molecule has 1 heterocycles. The zero-order valence-corrected chi connectivity index (χ0v) is 8.28. The highest BCUT2D eigenvalue weighted by Gasteiger charge is 2.39. The molecule has 1 aliphatic heterocycles. The van der Waals surface area contributed by atoms with Crippen LogP contribution in [-0.4, -0.2) is 12.0 Å².